The van der Waals surface area contributed by atoms with Crippen LogP contribution in [-0.4, -0.2) is 21.2 Å². The fourth-order valence-corrected chi connectivity index (χ4v) is 4.04. The van der Waals surface area contributed by atoms with E-state index in [0.29, 0.717) is 0 Å². The van der Waals surface area contributed by atoms with E-state index in [0.717, 1.165) is 11.1 Å². The molecule has 2 aromatic rings. The molecule has 0 aliphatic rings. The van der Waals surface area contributed by atoms with Gasteiger partial charge < -0.3 is 9.79 Å². The molecule has 0 aliphatic heterocycles. The van der Waals surface area contributed by atoms with E-state index in [2.05, 4.69) is 36.4 Å². The highest BCUT2D eigenvalue weighted by Crippen LogP contribution is 2.47. The quantitative estimate of drug-likeness (QED) is 0.512. The summed E-state index contributed by atoms with van der Waals surface area (Å²) in [5, 5.41) is 0. The number of halogens is 2. The summed E-state index contributed by atoms with van der Waals surface area (Å²) in [6.45, 7) is -0.153. The molecule has 0 saturated heterocycles. The number of phosphoric acid groups is 1. The molecule has 4 nitrogen and oxygen atoms in total. The van der Waals surface area contributed by atoms with E-state index in [1.807, 2.05) is 60.7 Å². The largest absolute Gasteiger partial charge is 0.469 e. The van der Waals surface area contributed by atoms with Crippen LogP contribution in [0.1, 0.15) is 11.1 Å². The lowest BCUT2D eigenvalue weighted by Gasteiger charge is -2.33. The predicted molar refractivity (Wildman–Crippen MR) is 93.3 cm³/mol. The maximum absolute atomic E-state index is 11.0. The van der Waals surface area contributed by atoms with Crippen molar-refractivity contribution in [2.24, 2.45) is 0 Å². The zero-order chi connectivity index (χ0) is 16.2. The molecule has 2 N–H and O–H groups in total. The van der Waals surface area contributed by atoms with Gasteiger partial charge in [0.05, 0.1) is 15.8 Å². The average Bonchev–Trinajstić information content (AvgIpc) is 2.52. The summed E-state index contributed by atoms with van der Waals surface area (Å²) in [4.78, 5) is 17.5. The molecule has 1 unspecified atom stereocenters. The monoisotopic (exact) mass is 448 g/mol. The molecule has 0 aromatic heterocycles. The summed E-state index contributed by atoms with van der Waals surface area (Å²) in [6, 6.07) is 19.3. The van der Waals surface area contributed by atoms with E-state index in [1.165, 1.54) is 0 Å². The molecule has 1 atom stereocenters. The number of rotatable bonds is 6. The van der Waals surface area contributed by atoms with E-state index < -0.39 is 17.0 Å². The minimum atomic E-state index is -4.52. The third-order valence-electron chi connectivity index (χ3n) is 3.21. The second-order valence-electron chi connectivity index (χ2n) is 4.70. The van der Waals surface area contributed by atoms with Gasteiger partial charge in [-0.15, -0.1) is 0 Å². The number of phosphoric ester groups is 1. The van der Waals surface area contributed by atoms with E-state index >= 15 is 0 Å². The zero-order valence-electron chi connectivity index (χ0n) is 11.5. The summed E-state index contributed by atoms with van der Waals surface area (Å²) in [5.74, 6) is 0. The van der Waals surface area contributed by atoms with Gasteiger partial charge in [-0.05, 0) is 11.1 Å². The first-order valence-electron chi connectivity index (χ1n) is 6.48. The van der Waals surface area contributed by atoms with Crippen LogP contribution in [0.5, 0.6) is 0 Å². The molecule has 0 aliphatic carbocycles. The Morgan fingerprint density at radius 2 is 1.41 bits per heavy atom. The summed E-state index contributed by atoms with van der Waals surface area (Å²) < 4.78 is 15.0. The van der Waals surface area contributed by atoms with Crippen LogP contribution in [0.15, 0.2) is 60.7 Å². The van der Waals surface area contributed by atoms with E-state index in [1.54, 1.807) is 0 Å². The summed E-state index contributed by atoms with van der Waals surface area (Å²) >= 11 is 7.27. The summed E-state index contributed by atoms with van der Waals surface area (Å²) in [6.07, 6.45) is 0. The maximum Gasteiger partial charge on any atom is 0.469 e. The highest BCUT2D eigenvalue weighted by molar-refractivity contribution is 9.12. The van der Waals surface area contributed by atoms with Crippen molar-refractivity contribution < 1.29 is 18.9 Å². The van der Waals surface area contributed by atoms with Crippen molar-refractivity contribution in [2.75, 3.05) is 6.61 Å². The first-order chi connectivity index (χ1) is 10.3. The van der Waals surface area contributed by atoms with Gasteiger partial charge in [0.1, 0.15) is 0 Å². The molecule has 2 rings (SSSR count). The van der Waals surface area contributed by atoms with Gasteiger partial charge in [-0.2, -0.15) is 0 Å². The molecule has 118 valence electrons. The van der Waals surface area contributed by atoms with Crippen molar-refractivity contribution in [3.05, 3.63) is 71.8 Å². The summed E-state index contributed by atoms with van der Waals surface area (Å²) in [7, 11) is -4.52. The van der Waals surface area contributed by atoms with Gasteiger partial charge in [0.15, 0.2) is 0 Å². The van der Waals surface area contributed by atoms with Gasteiger partial charge in [-0.3, -0.25) is 4.52 Å². The van der Waals surface area contributed by atoms with Gasteiger partial charge in [0.2, 0.25) is 0 Å². The van der Waals surface area contributed by atoms with Gasteiger partial charge in [0, 0.05) is 0 Å². The Morgan fingerprint density at radius 3 is 1.77 bits per heavy atom. The molecule has 0 saturated carbocycles. The molecule has 22 heavy (non-hydrogen) atoms. The fourth-order valence-electron chi connectivity index (χ4n) is 2.17. The molecule has 0 radical (unpaired) electrons. The van der Waals surface area contributed by atoms with Crippen LogP contribution in [0.25, 0.3) is 0 Å². The Hall–Kier alpha value is -0.490. The zero-order valence-corrected chi connectivity index (χ0v) is 15.5. The minimum Gasteiger partial charge on any atom is -0.303 e. The Balaban J connectivity index is 2.40. The normalized spacial score (nSPS) is 13.8. The maximum atomic E-state index is 11.0. The van der Waals surface area contributed by atoms with E-state index in [4.69, 9.17) is 9.79 Å². The van der Waals surface area contributed by atoms with Crippen molar-refractivity contribution in [1.82, 2.24) is 0 Å². The van der Waals surface area contributed by atoms with Crippen LogP contribution >= 0.6 is 39.7 Å². The van der Waals surface area contributed by atoms with Crippen LogP contribution in [0.2, 0.25) is 0 Å². The Bertz CT molecular complexity index is 606. The van der Waals surface area contributed by atoms with Gasteiger partial charge >= 0.3 is 7.82 Å². The first kappa shape index (κ1) is 17.9. The van der Waals surface area contributed by atoms with Crippen LogP contribution in [0.3, 0.4) is 0 Å². The van der Waals surface area contributed by atoms with Crippen molar-refractivity contribution >= 4 is 39.7 Å². The standard InChI is InChI=1S/C15H15Br2O4P/c16-14(11-21-22(18,19)20)15(17,12-7-3-1-4-8-12)13-9-5-2-6-10-13/h1-10,14H,11H2,(H2,18,19,20). The Labute approximate surface area is 146 Å². The SMILES string of the molecule is O=P(O)(O)OCC(Br)C(Br)(c1ccccc1)c1ccccc1. The van der Waals surface area contributed by atoms with Crippen molar-refractivity contribution in [2.45, 2.75) is 9.15 Å². The minimum absolute atomic E-state index is 0.153. The van der Waals surface area contributed by atoms with Crippen LogP contribution in [0.4, 0.5) is 0 Å². The van der Waals surface area contributed by atoms with Crippen molar-refractivity contribution in [1.29, 1.82) is 0 Å². The molecule has 7 heteroatoms. The van der Waals surface area contributed by atoms with Gasteiger partial charge in [0.25, 0.3) is 0 Å². The highest BCUT2D eigenvalue weighted by atomic mass is 79.9. The third kappa shape index (κ3) is 4.28. The Morgan fingerprint density at radius 1 is 1.00 bits per heavy atom. The molecular weight excluding hydrogens is 435 g/mol. The average molecular weight is 450 g/mol. The predicted octanol–water partition coefficient (Wildman–Crippen LogP) is 4.20. The van der Waals surface area contributed by atoms with Crippen LogP contribution in [-0.2, 0) is 13.4 Å². The van der Waals surface area contributed by atoms with Crippen molar-refractivity contribution in [3.8, 4) is 0 Å². The van der Waals surface area contributed by atoms with Crippen LogP contribution < -0.4 is 0 Å². The van der Waals surface area contributed by atoms with Crippen LogP contribution in [0, 0.1) is 0 Å². The number of benzene rings is 2. The van der Waals surface area contributed by atoms with Crippen molar-refractivity contribution in [3.63, 3.8) is 0 Å². The molecule has 2 aromatic carbocycles. The number of hydrogen-bond donors (Lipinski definition) is 2. The lowest BCUT2D eigenvalue weighted by Crippen LogP contribution is -2.34. The first-order valence-corrected chi connectivity index (χ1v) is 9.72. The van der Waals surface area contributed by atoms with Gasteiger partial charge in [-0.1, -0.05) is 92.5 Å². The van der Waals surface area contributed by atoms with E-state index in [9.17, 15) is 4.57 Å². The lowest BCUT2D eigenvalue weighted by atomic mass is 9.88. The summed E-state index contributed by atoms with van der Waals surface area (Å²) in [5.41, 5.74) is 1.91. The lowest BCUT2D eigenvalue weighted by molar-refractivity contribution is 0.195. The Kier molecular flexibility index (Phi) is 6.00. The molecule has 0 bridgehead atoms. The third-order valence-corrected chi connectivity index (χ3v) is 6.73. The molecule has 0 fully saturated rings. The number of hydrogen-bond acceptors (Lipinski definition) is 2. The highest BCUT2D eigenvalue weighted by Gasteiger charge is 2.39. The van der Waals surface area contributed by atoms with Gasteiger partial charge in [-0.25, -0.2) is 4.57 Å². The second kappa shape index (κ2) is 7.39. The second-order valence-corrected chi connectivity index (χ2v) is 8.29. The topological polar surface area (TPSA) is 66.8 Å². The molecule has 0 amide bonds. The number of alkyl halides is 2. The molecular formula is C15H15Br2O4P. The smallest absolute Gasteiger partial charge is 0.303 e. The van der Waals surface area contributed by atoms with E-state index in [-0.39, 0.29) is 6.61 Å². The molecule has 0 heterocycles. The fraction of sp³-hybridized carbons (Fsp3) is 0.200. The molecule has 0 spiro atoms.